The fourth-order valence-corrected chi connectivity index (χ4v) is 2.93. The van der Waals surface area contributed by atoms with Gasteiger partial charge < -0.3 is 0 Å². The highest BCUT2D eigenvalue weighted by Gasteiger charge is 2.42. The first-order chi connectivity index (χ1) is 9.13. The normalized spacial score (nSPS) is 23.6. The fraction of sp³-hybridized carbons (Fsp3) is 0.692. The van der Waals surface area contributed by atoms with E-state index in [4.69, 9.17) is 0 Å². The summed E-state index contributed by atoms with van der Waals surface area (Å²) in [5.41, 5.74) is -1.04. The van der Waals surface area contributed by atoms with Crippen molar-refractivity contribution < 1.29 is 0 Å². The molecular formula is C13H16N4O2. The number of nitrogens with zero attached hydrogens (tertiary/aromatic N) is 2. The van der Waals surface area contributed by atoms with E-state index in [9.17, 15) is 9.59 Å². The second-order valence-electron chi connectivity index (χ2n) is 6.11. The number of hydrogen-bond donors (Lipinski definition) is 2. The largest absolute Gasteiger partial charge is 0.327 e. The van der Waals surface area contributed by atoms with Crippen LogP contribution in [-0.4, -0.2) is 15.6 Å². The Morgan fingerprint density at radius 2 is 1.63 bits per heavy atom. The van der Waals surface area contributed by atoms with Crippen LogP contribution in [0.5, 0.6) is 0 Å². The Bertz CT molecular complexity index is 738. The van der Waals surface area contributed by atoms with Gasteiger partial charge in [0.1, 0.15) is 0 Å². The van der Waals surface area contributed by atoms with Gasteiger partial charge in [-0.25, -0.2) is 14.8 Å². The summed E-state index contributed by atoms with van der Waals surface area (Å²) in [6, 6.07) is 0. The van der Waals surface area contributed by atoms with Crippen molar-refractivity contribution in [3.63, 3.8) is 0 Å². The Kier molecular flexibility index (Phi) is 2.14. The number of hydrogen-bond acceptors (Lipinski definition) is 4. The molecule has 2 heterocycles. The van der Waals surface area contributed by atoms with E-state index < -0.39 is 16.9 Å². The third-order valence-corrected chi connectivity index (χ3v) is 4.16. The summed E-state index contributed by atoms with van der Waals surface area (Å²) in [6.45, 7) is 0. The monoisotopic (exact) mass is 260 g/mol. The number of rotatable bonds is 4. The molecule has 0 radical (unpaired) electrons. The molecule has 4 rings (SSSR count). The van der Waals surface area contributed by atoms with E-state index in [1.807, 2.05) is 0 Å². The highest BCUT2D eigenvalue weighted by atomic mass is 16.2. The lowest BCUT2D eigenvalue weighted by molar-refractivity contribution is 0.343. The minimum Gasteiger partial charge on any atom is -0.290 e. The van der Waals surface area contributed by atoms with Gasteiger partial charge in [0, 0.05) is 0 Å². The first-order valence-electron chi connectivity index (χ1n) is 6.96. The number of fused-ring (bicyclic) bond motifs is 1. The van der Waals surface area contributed by atoms with Crippen LogP contribution in [0.25, 0.3) is 0 Å². The molecule has 1 aromatic heterocycles. The van der Waals surface area contributed by atoms with Gasteiger partial charge in [0.2, 0.25) is 0 Å². The summed E-state index contributed by atoms with van der Waals surface area (Å²) < 4.78 is 0. The molecule has 19 heavy (non-hydrogen) atoms. The maximum atomic E-state index is 11.8. The number of H-pyrrole nitrogens is 2. The van der Waals surface area contributed by atoms with E-state index in [0.29, 0.717) is 22.7 Å². The molecule has 0 bridgehead atoms. The number of aromatic nitrogens is 2. The van der Waals surface area contributed by atoms with E-state index in [2.05, 4.69) is 20.0 Å². The molecule has 1 aromatic rings. The van der Waals surface area contributed by atoms with Gasteiger partial charge in [-0.2, -0.15) is 0 Å². The van der Waals surface area contributed by atoms with Gasteiger partial charge in [-0.15, -0.1) is 0 Å². The average molecular weight is 260 g/mol. The lowest BCUT2D eigenvalue weighted by Gasteiger charge is -2.22. The van der Waals surface area contributed by atoms with Crippen molar-refractivity contribution in [2.75, 3.05) is 0 Å². The van der Waals surface area contributed by atoms with Crippen molar-refractivity contribution in [2.24, 2.45) is 21.8 Å². The van der Waals surface area contributed by atoms with Crippen LogP contribution in [-0.2, 0) is 0 Å². The van der Waals surface area contributed by atoms with Crippen LogP contribution >= 0.6 is 0 Å². The van der Waals surface area contributed by atoms with Crippen LogP contribution in [0.15, 0.2) is 19.6 Å². The zero-order valence-corrected chi connectivity index (χ0v) is 10.6. The van der Waals surface area contributed by atoms with Crippen LogP contribution in [0, 0.1) is 11.8 Å². The van der Waals surface area contributed by atoms with Crippen LogP contribution < -0.4 is 22.1 Å². The molecular weight excluding hydrogens is 244 g/mol. The zero-order valence-electron chi connectivity index (χ0n) is 10.6. The second kappa shape index (κ2) is 3.65. The Balaban J connectivity index is 1.84. The Morgan fingerprint density at radius 3 is 2.21 bits per heavy atom. The zero-order chi connectivity index (χ0) is 13.0. The molecule has 2 aliphatic carbocycles. The topological polar surface area (TPSA) is 90.4 Å². The molecule has 2 fully saturated rings. The van der Waals surface area contributed by atoms with E-state index >= 15 is 0 Å². The summed E-state index contributed by atoms with van der Waals surface area (Å²) in [5.74, 6) is 1.37. The van der Waals surface area contributed by atoms with Crippen LogP contribution in [0.2, 0.25) is 0 Å². The molecule has 1 aliphatic heterocycles. The molecule has 2 N–H and O–H groups in total. The van der Waals surface area contributed by atoms with Gasteiger partial charge in [0.15, 0.2) is 16.5 Å². The maximum absolute atomic E-state index is 11.8. The molecule has 100 valence electrons. The van der Waals surface area contributed by atoms with Crippen molar-refractivity contribution in [2.45, 2.75) is 44.2 Å². The minimum absolute atomic E-state index is 0.306. The van der Waals surface area contributed by atoms with E-state index in [0.717, 1.165) is 12.8 Å². The first kappa shape index (κ1) is 11.1. The molecule has 0 spiro atoms. The summed E-state index contributed by atoms with van der Waals surface area (Å²) in [4.78, 5) is 37.2. The van der Waals surface area contributed by atoms with Crippen molar-refractivity contribution in [1.29, 1.82) is 0 Å². The number of aromatic amines is 2. The summed E-state index contributed by atoms with van der Waals surface area (Å²) in [6.07, 6.45) is 6.78. The highest BCUT2D eigenvalue weighted by molar-refractivity contribution is 5.03. The molecule has 0 amide bonds. The predicted octanol–water partition coefficient (Wildman–Crippen LogP) is -0.388. The molecule has 6 nitrogen and oxygen atoms in total. The highest BCUT2D eigenvalue weighted by Crippen LogP contribution is 2.45. The molecule has 3 aliphatic rings. The van der Waals surface area contributed by atoms with Crippen LogP contribution in [0.1, 0.15) is 38.5 Å². The third-order valence-electron chi connectivity index (χ3n) is 4.16. The van der Waals surface area contributed by atoms with Gasteiger partial charge in [-0.05, 0) is 24.7 Å². The molecule has 0 saturated heterocycles. The van der Waals surface area contributed by atoms with Gasteiger partial charge in [0.25, 0.3) is 5.56 Å². The number of nitrogens with one attached hydrogen (secondary N) is 2. The molecule has 6 heteroatoms. The standard InChI is InChI=1S/C13H16N4O2/c18-11-9-10(14-12(19)15-11)17-13(16-9,5-7-1-2-7)6-8-3-4-8/h7-8H,1-6H2,(H2,14,15,17,18,19). The van der Waals surface area contributed by atoms with Crippen molar-refractivity contribution in [1.82, 2.24) is 9.97 Å². The van der Waals surface area contributed by atoms with Gasteiger partial charge in [-0.3, -0.25) is 14.8 Å². The Morgan fingerprint density at radius 1 is 1.00 bits per heavy atom. The minimum atomic E-state index is -0.503. The summed E-state index contributed by atoms with van der Waals surface area (Å²) in [5, 5.41) is 0.306. The fourth-order valence-electron chi connectivity index (χ4n) is 2.93. The van der Waals surface area contributed by atoms with Crippen molar-refractivity contribution in [3.05, 3.63) is 31.7 Å². The summed E-state index contributed by atoms with van der Waals surface area (Å²) >= 11 is 0. The van der Waals surface area contributed by atoms with Crippen molar-refractivity contribution in [3.8, 4) is 0 Å². The second-order valence-corrected chi connectivity index (χ2v) is 6.11. The van der Waals surface area contributed by atoms with Crippen LogP contribution in [0.3, 0.4) is 0 Å². The Labute approximate surface area is 108 Å². The Hall–Kier alpha value is -1.72. The SMILES string of the molecule is O=c1[nH]c(=O)c2c([nH]1)=NC(CC1CC1)(CC1CC1)N=2. The third kappa shape index (κ3) is 2.05. The van der Waals surface area contributed by atoms with E-state index in [1.165, 1.54) is 25.7 Å². The maximum Gasteiger partial charge on any atom is 0.327 e. The smallest absolute Gasteiger partial charge is 0.290 e. The molecule has 2 saturated carbocycles. The first-order valence-corrected chi connectivity index (χ1v) is 6.96. The van der Waals surface area contributed by atoms with Crippen LogP contribution in [0.4, 0.5) is 0 Å². The lowest BCUT2D eigenvalue weighted by Crippen LogP contribution is -2.46. The summed E-state index contributed by atoms with van der Waals surface area (Å²) in [7, 11) is 0. The average Bonchev–Trinajstić information content (AvgIpc) is 3.21. The quantitative estimate of drug-likeness (QED) is 0.772. The molecule has 0 atom stereocenters. The molecule has 0 unspecified atom stereocenters. The van der Waals surface area contributed by atoms with E-state index in [-0.39, 0.29) is 0 Å². The predicted molar refractivity (Wildman–Crippen MR) is 67.4 cm³/mol. The van der Waals surface area contributed by atoms with Crippen molar-refractivity contribution >= 4 is 0 Å². The van der Waals surface area contributed by atoms with Gasteiger partial charge in [-0.1, -0.05) is 25.7 Å². The van der Waals surface area contributed by atoms with Gasteiger partial charge in [0.05, 0.1) is 0 Å². The lowest BCUT2D eigenvalue weighted by atomic mass is 9.97. The molecule has 0 aromatic carbocycles. The van der Waals surface area contributed by atoms with Gasteiger partial charge >= 0.3 is 5.69 Å². The van der Waals surface area contributed by atoms with E-state index in [1.54, 1.807) is 0 Å².